The number of aromatic nitrogens is 3. The Morgan fingerprint density at radius 2 is 1.86 bits per heavy atom. The van der Waals surface area contributed by atoms with Gasteiger partial charge in [-0.3, -0.25) is 14.3 Å². The summed E-state index contributed by atoms with van der Waals surface area (Å²) in [5.41, 5.74) is -0.142. The van der Waals surface area contributed by atoms with Crippen molar-refractivity contribution >= 4 is 8.32 Å². The predicted octanol–water partition coefficient (Wildman–Crippen LogP) is 3.12. The van der Waals surface area contributed by atoms with Crippen LogP contribution in [0.4, 0.5) is 0 Å². The van der Waals surface area contributed by atoms with E-state index in [2.05, 4.69) is 38.8 Å². The van der Waals surface area contributed by atoms with Crippen LogP contribution in [0.5, 0.6) is 0 Å². The van der Waals surface area contributed by atoms with Crippen molar-refractivity contribution in [2.24, 2.45) is 0 Å². The van der Waals surface area contributed by atoms with Crippen LogP contribution in [0.15, 0.2) is 40.3 Å². The molecule has 2 aliphatic heterocycles. The minimum Gasteiger partial charge on any atom is -0.414 e. The largest absolute Gasteiger partial charge is 0.414 e. The third-order valence-corrected chi connectivity index (χ3v) is 11.7. The minimum atomic E-state index is -2.06. The van der Waals surface area contributed by atoms with Gasteiger partial charge in [0.05, 0.1) is 12.2 Å². The van der Waals surface area contributed by atoms with Crippen LogP contribution in [-0.2, 0) is 30.1 Å². The fourth-order valence-corrected chi connectivity index (χ4v) is 5.30. The third-order valence-electron chi connectivity index (χ3n) is 7.24. The molecule has 0 saturated carbocycles. The molecule has 2 saturated heterocycles. The standard InChI is InChI=1S/C25H37N3O7Si/c1-24(2,3)36(7,8)32-14-18-19-20(35-25(4,5)34-19)22(33-18)27-13-17(16-10-9-11-26-12-16)21(29)28(15-31-6)23(27)30/h9-13,18-20,22H,14-15H2,1-8H3/t18-,19-,20-,22-/m1/s1. The summed E-state index contributed by atoms with van der Waals surface area (Å²) in [6, 6.07) is 3.50. The quantitative estimate of drug-likeness (QED) is 0.514. The maximum Gasteiger partial charge on any atom is 0.335 e. The molecule has 36 heavy (non-hydrogen) atoms. The van der Waals surface area contributed by atoms with E-state index >= 15 is 0 Å². The van der Waals surface area contributed by atoms with Crippen molar-refractivity contribution in [3.05, 3.63) is 51.6 Å². The second-order valence-corrected chi connectivity index (χ2v) is 16.1. The Kier molecular flexibility index (Phi) is 7.19. The zero-order valence-corrected chi connectivity index (χ0v) is 23.3. The van der Waals surface area contributed by atoms with Gasteiger partial charge >= 0.3 is 5.69 Å². The highest BCUT2D eigenvalue weighted by Gasteiger charge is 2.56. The smallest absolute Gasteiger partial charge is 0.335 e. The number of pyridine rings is 1. The molecule has 2 aromatic rings. The zero-order chi connectivity index (χ0) is 26.5. The van der Waals surface area contributed by atoms with Crippen molar-refractivity contribution in [3.63, 3.8) is 0 Å². The van der Waals surface area contributed by atoms with E-state index in [4.69, 9.17) is 23.4 Å². The Hall–Kier alpha value is -2.15. The first kappa shape index (κ1) is 26.9. The van der Waals surface area contributed by atoms with Gasteiger partial charge in [0.2, 0.25) is 0 Å². The van der Waals surface area contributed by atoms with Crippen LogP contribution < -0.4 is 11.2 Å². The second kappa shape index (κ2) is 9.62. The lowest BCUT2D eigenvalue weighted by molar-refractivity contribution is -0.200. The predicted molar refractivity (Wildman–Crippen MR) is 136 cm³/mol. The summed E-state index contributed by atoms with van der Waals surface area (Å²) in [7, 11) is -0.628. The average molecular weight is 520 g/mol. The Bertz CT molecular complexity index is 1200. The molecule has 0 aliphatic carbocycles. The van der Waals surface area contributed by atoms with E-state index in [-0.39, 0.29) is 11.8 Å². The van der Waals surface area contributed by atoms with Crippen LogP contribution in [0, 0.1) is 0 Å². The zero-order valence-electron chi connectivity index (χ0n) is 22.3. The first-order chi connectivity index (χ1) is 16.8. The topological polar surface area (TPSA) is 103 Å². The lowest BCUT2D eigenvalue weighted by Gasteiger charge is -2.37. The van der Waals surface area contributed by atoms with Crippen molar-refractivity contribution in [3.8, 4) is 11.1 Å². The SMILES string of the molecule is COCn1c(=O)c(-c2cccnc2)cn([C@@H]2O[C@H](CO[Si](C)(C)C(C)(C)C)[C@H]3OC(C)(C)O[C@H]32)c1=O. The molecule has 198 valence electrons. The first-order valence-electron chi connectivity index (χ1n) is 12.2. The van der Waals surface area contributed by atoms with Gasteiger partial charge in [-0.05, 0) is 38.0 Å². The Morgan fingerprint density at radius 3 is 2.47 bits per heavy atom. The highest BCUT2D eigenvalue weighted by molar-refractivity contribution is 6.74. The molecule has 0 amide bonds. The van der Waals surface area contributed by atoms with E-state index in [1.165, 1.54) is 17.9 Å². The lowest BCUT2D eigenvalue weighted by Crippen LogP contribution is -2.44. The number of fused-ring (bicyclic) bond motifs is 1. The van der Waals surface area contributed by atoms with Gasteiger partial charge in [0, 0.05) is 31.3 Å². The fraction of sp³-hybridized carbons (Fsp3) is 0.640. The summed E-state index contributed by atoms with van der Waals surface area (Å²) in [5, 5.41) is 0.0297. The van der Waals surface area contributed by atoms with Gasteiger partial charge in [0.25, 0.3) is 5.56 Å². The second-order valence-electron chi connectivity index (χ2n) is 11.3. The molecular formula is C25H37N3O7Si. The van der Waals surface area contributed by atoms with Crippen molar-refractivity contribution in [1.29, 1.82) is 0 Å². The number of hydrogen-bond acceptors (Lipinski definition) is 8. The number of methoxy groups -OCH3 is 1. The number of ether oxygens (including phenoxy) is 4. The molecule has 10 nitrogen and oxygen atoms in total. The van der Waals surface area contributed by atoms with Gasteiger partial charge < -0.3 is 23.4 Å². The van der Waals surface area contributed by atoms with Crippen LogP contribution in [0.1, 0.15) is 40.8 Å². The van der Waals surface area contributed by atoms with Crippen LogP contribution >= 0.6 is 0 Å². The molecule has 0 N–H and O–H groups in total. The molecule has 0 radical (unpaired) electrons. The molecule has 4 heterocycles. The molecule has 4 atom stereocenters. The molecule has 4 rings (SSSR count). The summed E-state index contributed by atoms with van der Waals surface area (Å²) in [6.45, 7) is 14.7. The van der Waals surface area contributed by atoms with Gasteiger partial charge in [-0.1, -0.05) is 26.8 Å². The average Bonchev–Trinajstić information content (AvgIpc) is 3.28. The molecule has 2 aromatic heterocycles. The normalized spacial score (nSPS) is 25.8. The third kappa shape index (κ3) is 5.00. The summed E-state index contributed by atoms with van der Waals surface area (Å²) in [4.78, 5) is 30.8. The van der Waals surface area contributed by atoms with E-state index in [1.54, 1.807) is 24.5 Å². The van der Waals surface area contributed by atoms with Crippen LogP contribution in [-0.4, -0.2) is 60.3 Å². The number of nitrogens with zero attached hydrogens (tertiary/aromatic N) is 3. The van der Waals surface area contributed by atoms with Crippen molar-refractivity contribution < 1.29 is 23.4 Å². The van der Waals surface area contributed by atoms with E-state index in [0.717, 1.165) is 4.57 Å². The van der Waals surface area contributed by atoms with Gasteiger partial charge in [0.1, 0.15) is 25.0 Å². The van der Waals surface area contributed by atoms with Gasteiger partial charge in [-0.2, -0.15) is 0 Å². The van der Waals surface area contributed by atoms with Crippen molar-refractivity contribution in [2.75, 3.05) is 13.7 Å². The van der Waals surface area contributed by atoms with E-state index in [0.29, 0.717) is 17.7 Å². The molecule has 0 bridgehead atoms. The maximum absolute atomic E-state index is 13.5. The van der Waals surface area contributed by atoms with Crippen LogP contribution in [0.25, 0.3) is 11.1 Å². The monoisotopic (exact) mass is 519 g/mol. The molecule has 0 spiro atoms. The summed E-state index contributed by atoms with van der Waals surface area (Å²) in [5.74, 6) is -0.858. The van der Waals surface area contributed by atoms with Crippen molar-refractivity contribution in [2.45, 2.75) is 89.8 Å². The van der Waals surface area contributed by atoms with E-state index in [1.807, 2.05) is 13.8 Å². The van der Waals surface area contributed by atoms with Gasteiger partial charge in [0.15, 0.2) is 20.3 Å². The first-order valence-corrected chi connectivity index (χ1v) is 15.1. The highest BCUT2D eigenvalue weighted by Crippen LogP contribution is 2.44. The Balaban J connectivity index is 1.75. The summed E-state index contributed by atoms with van der Waals surface area (Å²) < 4.78 is 32.9. The minimum absolute atomic E-state index is 0.0297. The van der Waals surface area contributed by atoms with Gasteiger partial charge in [-0.25, -0.2) is 9.36 Å². The van der Waals surface area contributed by atoms with Crippen LogP contribution in [0.2, 0.25) is 18.1 Å². The molecular weight excluding hydrogens is 482 g/mol. The van der Waals surface area contributed by atoms with Gasteiger partial charge in [-0.15, -0.1) is 0 Å². The Morgan fingerprint density at radius 1 is 1.17 bits per heavy atom. The molecule has 0 aromatic carbocycles. The molecule has 2 aliphatic rings. The summed E-state index contributed by atoms with van der Waals surface area (Å²) >= 11 is 0. The van der Waals surface area contributed by atoms with Crippen LogP contribution in [0.3, 0.4) is 0 Å². The highest BCUT2D eigenvalue weighted by atomic mass is 28.4. The lowest BCUT2D eigenvalue weighted by atomic mass is 10.1. The number of rotatable bonds is 7. The molecule has 11 heteroatoms. The summed E-state index contributed by atoms with van der Waals surface area (Å²) in [6.07, 6.45) is 2.43. The van der Waals surface area contributed by atoms with Crippen molar-refractivity contribution in [1.82, 2.24) is 14.1 Å². The fourth-order valence-electron chi connectivity index (χ4n) is 4.29. The Labute approximate surface area is 212 Å². The maximum atomic E-state index is 13.5. The number of hydrogen-bond donors (Lipinski definition) is 0. The van der Waals surface area contributed by atoms with E-state index < -0.39 is 49.9 Å². The molecule has 0 unspecified atom stereocenters. The molecule has 2 fully saturated rings. The van der Waals surface area contributed by atoms with E-state index in [9.17, 15) is 9.59 Å².